The largest absolute Gasteiger partial charge is 0.348 e. The second-order valence-electron chi connectivity index (χ2n) is 6.36. The standard InChI is InChI=1S/C21H17N5O3/c27-19(14-6-2-1-3-7-14)26-15-8-4-5-13(9-15)10-23-20(28)16-11-22-18-17(16)21(29)25-12-24-18/h1-9,11-12H,10H2,(H,23,28)(H,26,27)(H2,22,24,25,29). The number of rotatable bonds is 5. The first-order chi connectivity index (χ1) is 14.1. The van der Waals surface area contributed by atoms with E-state index in [0.717, 1.165) is 5.56 Å². The number of carbonyl (C=O) groups is 2. The number of hydrogen-bond donors (Lipinski definition) is 4. The van der Waals surface area contributed by atoms with Gasteiger partial charge in [0.15, 0.2) is 0 Å². The van der Waals surface area contributed by atoms with E-state index >= 15 is 0 Å². The van der Waals surface area contributed by atoms with Gasteiger partial charge < -0.3 is 20.6 Å². The van der Waals surface area contributed by atoms with Crippen molar-refractivity contribution in [2.75, 3.05) is 5.32 Å². The summed E-state index contributed by atoms with van der Waals surface area (Å²) in [5.41, 5.74) is 2.18. The first-order valence-corrected chi connectivity index (χ1v) is 8.90. The van der Waals surface area contributed by atoms with Gasteiger partial charge in [0.2, 0.25) is 0 Å². The summed E-state index contributed by atoms with van der Waals surface area (Å²) in [5.74, 6) is -0.606. The fourth-order valence-corrected chi connectivity index (χ4v) is 2.98. The molecule has 8 nitrogen and oxygen atoms in total. The number of anilines is 1. The van der Waals surface area contributed by atoms with Crippen LogP contribution < -0.4 is 16.2 Å². The topological polar surface area (TPSA) is 120 Å². The van der Waals surface area contributed by atoms with E-state index in [4.69, 9.17) is 0 Å². The molecular weight excluding hydrogens is 370 g/mol. The average Bonchev–Trinajstić information content (AvgIpc) is 3.19. The van der Waals surface area contributed by atoms with Crippen molar-refractivity contribution in [3.63, 3.8) is 0 Å². The minimum atomic E-state index is -0.395. The molecule has 0 bridgehead atoms. The number of fused-ring (bicyclic) bond motifs is 1. The van der Waals surface area contributed by atoms with Crippen molar-refractivity contribution < 1.29 is 9.59 Å². The Morgan fingerprint density at radius 1 is 0.966 bits per heavy atom. The maximum Gasteiger partial charge on any atom is 0.261 e. The van der Waals surface area contributed by atoms with E-state index in [1.54, 1.807) is 42.5 Å². The molecular formula is C21H17N5O3. The third-order valence-corrected chi connectivity index (χ3v) is 4.39. The summed E-state index contributed by atoms with van der Waals surface area (Å²) >= 11 is 0. The highest BCUT2D eigenvalue weighted by Gasteiger charge is 2.15. The van der Waals surface area contributed by atoms with E-state index in [1.165, 1.54) is 12.5 Å². The molecule has 8 heteroatoms. The zero-order chi connectivity index (χ0) is 20.2. The number of carbonyl (C=O) groups excluding carboxylic acids is 2. The molecule has 0 aliphatic carbocycles. The molecule has 2 heterocycles. The summed E-state index contributed by atoms with van der Waals surface area (Å²) in [7, 11) is 0. The second kappa shape index (κ2) is 7.81. The molecule has 2 aromatic carbocycles. The minimum absolute atomic E-state index is 0.211. The van der Waals surface area contributed by atoms with Crippen LogP contribution in [0, 0.1) is 0 Å². The summed E-state index contributed by atoms with van der Waals surface area (Å²) in [6.07, 6.45) is 2.73. The Balaban J connectivity index is 1.45. The van der Waals surface area contributed by atoms with Crippen LogP contribution in [0.2, 0.25) is 0 Å². The Morgan fingerprint density at radius 2 is 1.79 bits per heavy atom. The normalized spacial score (nSPS) is 10.6. The molecule has 0 fully saturated rings. The Hall–Kier alpha value is -4.20. The number of aromatic nitrogens is 3. The fraction of sp³-hybridized carbons (Fsp3) is 0.0476. The van der Waals surface area contributed by atoms with Crippen molar-refractivity contribution in [2.24, 2.45) is 0 Å². The monoisotopic (exact) mass is 387 g/mol. The van der Waals surface area contributed by atoms with Crippen molar-refractivity contribution in [1.29, 1.82) is 0 Å². The quantitative estimate of drug-likeness (QED) is 0.420. The lowest BCUT2D eigenvalue weighted by Crippen LogP contribution is -2.24. The maximum atomic E-state index is 12.5. The van der Waals surface area contributed by atoms with E-state index in [-0.39, 0.29) is 29.0 Å². The molecule has 0 saturated carbocycles. The van der Waals surface area contributed by atoms with Crippen LogP contribution in [0.1, 0.15) is 26.3 Å². The molecule has 144 valence electrons. The van der Waals surface area contributed by atoms with Crippen molar-refractivity contribution >= 4 is 28.5 Å². The number of H-pyrrole nitrogens is 2. The molecule has 2 aromatic heterocycles. The van der Waals surface area contributed by atoms with Crippen LogP contribution in [0.4, 0.5) is 5.69 Å². The molecule has 0 spiro atoms. The van der Waals surface area contributed by atoms with Gasteiger partial charge in [-0.1, -0.05) is 30.3 Å². The lowest BCUT2D eigenvalue weighted by atomic mass is 10.1. The molecule has 4 N–H and O–H groups in total. The van der Waals surface area contributed by atoms with Crippen LogP contribution in [0.5, 0.6) is 0 Å². The number of hydrogen-bond acceptors (Lipinski definition) is 4. The summed E-state index contributed by atoms with van der Waals surface area (Å²) in [6.45, 7) is 0.235. The molecule has 0 aliphatic heterocycles. The second-order valence-corrected chi connectivity index (χ2v) is 6.36. The molecule has 0 aliphatic rings. The predicted octanol–water partition coefficient (Wildman–Crippen LogP) is 2.43. The van der Waals surface area contributed by atoms with Gasteiger partial charge in [0, 0.05) is 24.0 Å². The highest BCUT2D eigenvalue weighted by atomic mass is 16.2. The Bertz CT molecular complexity index is 1240. The van der Waals surface area contributed by atoms with Gasteiger partial charge in [-0.2, -0.15) is 0 Å². The summed E-state index contributed by atoms with van der Waals surface area (Å²) in [5, 5.41) is 5.83. The van der Waals surface area contributed by atoms with Gasteiger partial charge in [-0.25, -0.2) is 4.98 Å². The van der Waals surface area contributed by atoms with Crippen LogP contribution in [0.25, 0.3) is 11.0 Å². The average molecular weight is 387 g/mol. The third-order valence-electron chi connectivity index (χ3n) is 4.39. The van der Waals surface area contributed by atoms with E-state index < -0.39 is 5.91 Å². The predicted molar refractivity (Wildman–Crippen MR) is 109 cm³/mol. The Labute approximate surface area is 165 Å². The minimum Gasteiger partial charge on any atom is -0.348 e. The van der Waals surface area contributed by atoms with E-state index in [1.807, 2.05) is 12.1 Å². The zero-order valence-electron chi connectivity index (χ0n) is 15.2. The van der Waals surface area contributed by atoms with Crippen LogP contribution in [-0.2, 0) is 6.54 Å². The molecule has 0 unspecified atom stereocenters. The first kappa shape index (κ1) is 18.2. The number of amides is 2. The first-order valence-electron chi connectivity index (χ1n) is 8.90. The lowest BCUT2D eigenvalue weighted by Gasteiger charge is -2.09. The van der Waals surface area contributed by atoms with Crippen molar-refractivity contribution in [1.82, 2.24) is 20.3 Å². The van der Waals surface area contributed by atoms with Gasteiger partial charge in [-0.15, -0.1) is 0 Å². The van der Waals surface area contributed by atoms with Crippen molar-refractivity contribution in [2.45, 2.75) is 6.54 Å². The van der Waals surface area contributed by atoms with Gasteiger partial charge in [0.1, 0.15) is 5.65 Å². The fourth-order valence-electron chi connectivity index (χ4n) is 2.98. The van der Waals surface area contributed by atoms with Crippen molar-refractivity contribution in [3.05, 3.63) is 94.2 Å². The van der Waals surface area contributed by atoms with Crippen LogP contribution in [0.3, 0.4) is 0 Å². The molecule has 4 rings (SSSR count). The van der Waals surface area contributed by atoms with E-state index in [0.29, 0.717) is 16.9 Å². The number of nitrogens with one attached hydrogen (secondary N) is 4. The number of nitrogens with zero attached hydrogens (tertiary/aromatic N) is 1. The van der Waals surface area contributed by atoms with Gasteiger partial charge >= 0.3 is 0 Å². The molecule has 0 saturated heterocycles. The highest BCUT2D eigenvalue weighted by molar-refractivity contribution is 6.05. The summed E-state index contributed by atoms with van der Waals surface area (Å²) in [4.78, 5) is 46.0. The van der Waals surface area contributed by atoms with Gasteiger partial charge in [-0.05, 0) is 29.8 Å². The SMILES string of the molecule is O=C(Nc1cccc(CNC(=O)c2c[nH]c3nc[nH]c(=O)c23)c1)c1ccccc1. The molecule has 4 aromatic rings. The highest BCUT2D eigenvalue weighted by Crippen LogP contribution is 2.14. The third kappa shape index (κ3) is 3.91. The van der Waals surface area contributed by atoms with E-state index in [2.05, 4.69) is 25.6 Å². The smallest absolute Gasteiger partial charge is 0.261 e. The van der Waals surface area contributed by atoms with Crippen LogP contribution in [-0.4, -0.2) is 26.8 Å². The number of benzene rings is 2. The van der Waals surface area contributed by atoms with Gasteiger partial charge in [0.25, 0.3) is 17.4 Å². The Kier molecular flexibility index (Phi) is 4.90. The summed E-state index contributed by atoms with van der Waals surface area (Å²) < 4.78 is 0. The van der Waals surface area contributed by atoms with Gasteiger partial charge in [-0.3, -0.25) is 14.4 Å². The summed E-state index contributed by atoms with van der Waals surface area (Å²) in [6, 6.07) is 16.1. The molecule has 29 heavy (non-hydrogen) atoms. The maximum absolute atomic E-state index is 12.5. The molecule has 0 atom stereocenters. The van der Waals surface area contributed by atoms with Crippen LogP contribution >= 0.6 is 0 Å². The van der Waals surface area contributed by atoms with Gasteiger partial charge in [0.05, 0.1) is 17.3 Å². The van der Waals surface area contributed by atoms with Crippen molar-refractivity contribution in [3.8, 4) is 0 Å². The molecule has 2 amide bonds. The van der Waals surface area contributed by atoms with E-state index in [9.17, 15) is 14.4 Å². The zero-order valence-corrected chi connectivity index (χ0v) is 15.2. The van der Waals surface area contributed by atoms with Crippen LogP contribution in [0.15, 0.2) is 71.9 Å². The molecule has 0 radical (unpaired) electrons. The number of aromatic amines is 2. The Morgan fingerprint density at radius 3 is 2.62 bits per heavy atom. The lowest BCUT2D eigenvalue weighted by molar-refractivity contribution is 0.0951.